The first kappa shape index (κ1) is 38.3. The Balaban J connectivity index is 0. The second kappa shape index (κ2) is 19.3. The van der Waals surface area contributed by atoms with Crippen molar-refractivity contribution in [1.82, 2.24) is 10.6 Å². The van der Waals surface area contributed by atoms with Gasteiger partial charge in [-0.05, 0) is 97.8 Å². The molecule has 0 heterocycles. The lowest BCUT2D eigenvalue weighted by atomic mass is 9.81. The van der Waals surface area contributed by atoms with Gasteiger partial charge in [-0.25, -0.2) is 0 Å². The Kier molecular flexibility index (Phi) is 20.0. The summed E-state index contributed by atoms with van der Waals surface area (Å²) in [6, 6.07) is 18.5. The average Bonchev–Trinajstić information content (AvgIpc) is 2.79. The van der Waals surface area contributed by atoms with Gasteiger partial charge >= 0.3 is 0 Å². The van der Waals surface area contributed by atoms with Crippen molar-refractivity contribution >= 4 is 37.2 Å². The van der Waals surface area contributed by atoms with Gasteiger partial charge in [-0.3, -0.25) is 0 Å². The highest BCUT2D eigenvalue weighted by molar-refractivity contribution is 5.86. The van der Waals surface area contributed by atoms with Gasteiger partial charge in [0.1, 0.15) is 0 Å². The van der Waals surface area contributed by atoms with Crippen LogP contribution in [0.15, 0.2) is 48.5 Å². The van der Waals surface area contributed by atoms with Crippen LogP contribution < -0.4 is 16.4 Å². The molecule has 0 atom stereocenters. The lowest BCUT2D eigenvalue weighted by molar-refractivity contribution is 0.440. The quantitative estimate of drug-likeness (QED) is 0.206. The maximum Gasteiger partial charge on any atom is 0.00734 e. The van der Waals surface area contributed by atoms with Crippen molar-refractivity contribution in [3.63, 3.8) is 0 Å². The predicted octanol–water partition coefficient (Wildman–Crippen LogP) is 7.40. The van der Waals surface area contributed by atoms with Crippen molar-refractivity contribution in [3.05, 3.63) is 70.8 Å². The molecular weight excluding hydrogens is 521 g/mol. The number of halogens is 3. The average molecular weight is 575 g/mol. The molecule has 4 N–H and O–H groups in total. The smallest absolute Gasteiger partial charge is 0.00734 e. The number of aryl methyl sites for hydroxylation is 2. The molecule has 214 valence electrons. The largest absolute Gasteiger partial charge is 0.330 e. The molecule has 0 saturated carbocycles. The minimum Gasteiger partial charge on any atom is -0.330 e. The van der Waals surface area contributed by atoms with Crippen LogP contribution >= 0.6 is 37.2 Å². The molecule has 0 aliphatic rings. The van der Waals surface area contributed by atoms with Gasteiger partial charge in [0.15, 0.2) is 0 Å². The summed E-state index contributed by atoms with van der Waals surface area (Å²) < 4.78 is 0. The Morgan fingerprint density at radius 3 is 1.51 bits per heavy atom. The van der Waals surface area contributed by atoms with E-state index in [1.54, 1.807) is 0 Å². The van der Waals surface area contributed by atoms with Crippen LogP contribution in [-0.2, 0) is 23.7 Å². The molecule has 0 aromatic heterocycles. The molecule has 2 rings (SSSR count). The summed E-state index contributed by atoms with van der Waals surface area (Å²) in [7, 11) is 0. The Bertz CT molecular complexity index is 783. The van der Waals surface area contributed by atoms with Gasteiger partial charge in [0.05, 0.1) is 0 Å². The van der Waals surface area contributed by atoms with E-state index < -0.39 is 0 Å². The first-order valence-corrected chi connectivity index (χ1v) is 13.4. The molecule has 0 unspecified atom stereocenters. The van der Waals surface area contributed by atoms with Crippen LogP contribution in [0.25, 0.3) is 0 Å². The molecule has 0 aliphatic heterocycles. The van der Waals surface area contributed by atoms with E-state index in [1.165, 1.54) is 35.1 Å². The van der Waals surface area contributed by atoms with Crippen LogP contribution in [0.2, 0.25) is 0 Å². The molecule has 0 fully saturated rings. The molecule has 37 heavy (non-hydrogen) atoms. The lowest BCUT2D eigenvalue weighted by Crippen LogP contribution is -2.33. The third-order valence-electron chi connectivity index (χ3n) is 6.70. The van der Waals surface area contributed by atoms with Crippen LogP contribution in [0.1, 0.15) is 89.5 Å². The van der Waals surface area contributed by atoms with E-state index in [0.29, 0.717) is 6.04 Å². The highest BCUT2D eigenvalue weighted by Gasteiger charge is 2.20. The fourth-order valence-corrected chi connectivity index (χ4v) is 4.82. The van der Waals surface area contributed by atoms with E-state index in [-0.39, 0.29) is 48.1 Å². The summed E-state index contributed by atoms with van der Waals surface area (Å²) in [6.45, 7) is 17.8. The maximum atomic E-state index is 5.59. The van der Waals surface area contributed by atoms with E-state index in [2.05, 4.69) is 101 Å². The Labute approximate surface area is 246 Å². The van der Waals surface area contributed by atoms with Gasteiger partial charge in [-0.15, -0.1) is 37.2 Å². The van der Waals surface area contributed by atoms with Gasteiger partial charge in [-0.1, -0.05) is 90.1 Å². The number of hydrogen-bond acceptors (Lipinski definition) is 3. The second-order valence-corrected chi connectivity index (χ2v) is 11.8. The summed E-state index contributed by atoms with van der Waals surface area (Å²) >= 11 is 0. The number of nitrogens with two attached hydrogens (primary N) is 1. The Morgan fingerprint density at radius 1 is 0.649 bits per heavy atom. The first-order valence-electron chi connectivity index (χ1n) is 13.4. The number of rotatable bonds is 14. The van der Waals surface area contributed by atoms with Crippen LogP contribution in [0.4, 0.5) is 0 Å². The van der Waals surface area contributed by atoms with Crippen molar-refractivity contribution in [2.75, 3.05) is 26.2 Å². The molecule has 6 heteroatoms. The fraction of sp³-hybridized carbons (Fsp3) is 0.613. The summed E-state index contributed by atoms with van der Waals surface area (Å²) in [6.07, 6.45) is 6.80. The van der Waals surface area contributed by atoms with Crippen molar-refractivity contribution in [2.45, 2.75) is 96.9 Å². The normalized spacial score (nSPS) is 11.5. The maximum absolute atomic E-state index is 5.59. The third kappa shape index (κ3) is 14.2. The van der Waals surface area contributed by atoms with Crippen LogP contribution in [0, 0.1) is 0 Å². The van der Waals surface area contributed by atoms with Gasteiger partial charge in [0.2, 0.25) is 0 Å². The predicted molar refractivity (Wildman–Crippen MR) is 172 cm³/mol. The number of hydrogen-bond donors (Lipinski definition) is 3. The Morgan fingerprint density at radius 2 is 1.08 bits per heavy atom. The molecule has 3 nitrogen and oxygen atoms in total. The molecule has 0 aliphatic carbocycles. The minimum atomic E-state index is 0. The van der Waals surface area contributed by atoms with Gasteiger partial charge in [-0.2, -0.15) is 0 Å². The number of benzene rings is 2. The standard InChI is InChI=1S/C31H51N3.3ClH/c1-30(2,3)28-15-9-7-13-25(28)17-19-27(34-24-12-23-33-22-11-21-32)20-18-26-14-8-10-16-29(26)31(4,5)6;;;/h7-10,13-16,27,33-34H,11-12,17-24,32H2,1-6H3;3*1H. The summed E-state index contributed by atoms with van der Waals surface area (Å²) in [5, 5.41) is 7.41. The van der Waals surface area contributed by atoms with Crippen LogP contribution in [-0.4, -0.2) is 32.2 Å². The zero-order valence-corrected chi connectivity index (χ0v) is 26.5. The summed E-state index contributed by atoms with van der Waals surface area (Å²) in [5.74, 6) is 0. The number of nitrogens with one attached hydrogen (secondary N) is 2. The second-order valence-electron chi connectivity index (χ2n) is 11.8. The van der Waals surface area contributed by atoms with Crippen molar-refractivity contribution in [2.24, 2.45) is 5.73 Å². The summed E-state index contributed by atoms with van der Waals surface area (Å²) in [4.78, 5) is 0. The third-order valence-corrected chi connectivity index (χ3v) is 6.70. The SMILES string of the molecule is CC(C)(C)c1ccccc1CCC(CCc1ccccc1C(C)(C)C)NCCCNCCCN.Cl.Cl.Cl. The zero-order chi connectivity index (χ0) is 25.0. The van der Waals surface area contributed by atoms with Gasteiger partial charge < -0.3 is 16.4 Å². The van der Waals surface area contributed by atoms with E-state index >= 15 is 0 Å². The molecular formula is C31H54Cl3N3. The Hall–Kier alpha value is -0.810. The van der Waals surface area contributed by atoms with Crippen molar-refractivity contribution in [3.8, 4) is 0 Å². The molecule has 2 aromatic rings. The molecule has 0 radical (unpaired) electrons. The molecule has 0 amide bonds. The van der Waals surface area contributed by atoms with Crippen LogP contribution in [0.5, 0.6) is 0 Å². The van der Waals surface area contributed by atoms with E-state index in [0.717, 1.165) is 51.9 Å². The fourth-order valence-electron chi connectivity index (χ4n) is 4.82. The molecule has 0 saturated heterocycles. The van der Waals surface area contributed by atoms with Crippen LogP contribution in [0.3, 0.4) is 0 Å². The molecule has 2 aromatic carbocycles. The lowest BCUT2D eigenvalue weighted by Gasteiger charge is -2.26. The van der Waals surface area contributed by atoms with Gasteiger partial charge in [0, 0.05) is 6.04 Å². The van der Waals surface area contributed by atoms with Crippen molar-refractivity contribution in [1.29, 1.82) is 0 Å². The monoisotopic (exact) mass is 573 g/mol. The molecule has 0 bridgehead atoms. The zero-order valence-electron chi connectivity index (χ0n) is 24.1. The first-order chi connectivity index (χ1) is 16.1. The van der Waals surface area contributed by atoms with E-state index in [9.17, 15) is 0 Å². The van der Waals surface area contributed by atoms with Gasteiger partial charge in [0.25, 0.3) is 0 Å². The topological polar surface area (TPSA) is 50.1 Å². The van der Waals surface area contributed by atoms with E-state index in [1.807, 2.05) is 0 Å². The highest BCUT2D eigenvalue weighted by atomic mass is 35.5. The highest BCUT2D eigenvalue weighted by Crippen LogP contribution is 2.28. The van der Waals surface area contributed by atoms with E-state index in [4.69, 9.17) is 5.73 Å². The van der Waals surface area contributed by atoms with Crippen molar-refractivity contribution < 1.29 is 0 Å². The molecule has 0 spiro atoms. The minimum absolute atomic E-state index is 0. The summed E-state index contributed by atoms with van der Waals surface area (Å²) in [5.41, 5.74) is 11.9.